The van der Waals surface area contributed by atoms with Crippen molar-refractivity contribution in [2.75, 3.05) is 0 Å². The van der Waals surface area contributed by atoms with Crippen LogP contribution < -0.4 is 0 Å². The highest BCUT2D eigenvalue weighted by Gasteiger charge is 2.14. The van der Waals surface area contributed by atoms with Crippen LogP contribution in [0.1, 0.15) is 25.3 Å². The fourth-order valence-corrected chi connectivity index (χ4v) is 1.56. The number of halogens is 1. The van der Waals surface area contributed by atoms with E-state index < -0.39 is 0 Å². The van der Waals surface area contributed by atoms with Crippen LogP contribution in [-0.4, -0.2) is 11.8 Å². The van der Waals surface area contributed by atoms with E-state index in [-0.39, 0.29) is 6.10 Å². The van der Waals surface area contributed by atoms with Crippen molar-refractivity contribution >= 4 is 17.3 Å². The summed E-state index contributed by atoms with van der Waals surface area (Å²) >= 11 is 5.80. The van der Waals surface area contributed by atoms with Crippen molar-refractivity contribution in [3.63, 3.8) is 0 Å². The van der Waals surface area contributed by atoms with Gasteiger partial charge in [-0.2, -0.15) is 0 Å². The Balaban J connectivity index is 2.19. The van der Waals surface area contributed by atoms with E-state index in [2.05, 4.69) is 5.16 Å². The van der Waals surface area contributed by atoms with Crippen LogP contribution in [0.3, 0.4) is 0 Å². The van der Waals surface area contributed by atoms with E-state index in [1.54, 1.807) is 0 Å². The summed E-state index contributed by atoms with van der Waals surface area (Å²) in [6.45, 7) is 2.03. The minimum Gasteiger partial charge on any atom is -0.393 e. The summed E-state index contributed by atoms with van der Waals surface area (Å²) < 4.78 is 0. The van der Waals surface area contributed by atoms with Gasteiger partial charge in [0.15, 0.2) is 0 Å². The zero-order valence-corrected chi connectivity index (χ0v) is 8.79. The van der Waals surface area contributed by atoms with Gasteiger partial charge in [-0.1, -0.05) is 28.9 Å². The highest BCUT2D eigenvalue weighted by atomic mass is 35.5. The molecule has 1 aliphatic heterocycles. The van der Waals surface area contributed by atoms with E-state index in [4.69, 9.17) is 16.4 Å². The normalized spacial score (nSPS) is 21.3. The van der Waals surface area contributed by atoms with E-state index in [1.165, 1.54) is 0 Å². The molecule has 1 aliphatic rings. The van der Waals surface area contributed by atoms with Gasteiger partial charge in [0.1, 0.15) is 6.10 Å². The zero-order valence-electron chi connectivity index (χ0n) is 8.03. The zero-order chi connectivity index (χ0) is 9.97. The molecule has 0 aliphatic carbocycles. The molecule has 1 aromatic carbocycles. The molecule has 0 aromatic heterocycles. The van der Waals surface area contributed by atoms with Crippen LogP contribution in [0.2, 0.25) is 5.02 Å². The van der Waals surface area contributed by atoms with Crippen molar-refractivity contribution < 1.29 is 4.84 Å². The average molecular weight is 210 g/mol. The predicted molar refractivity (Wildman–Crippen MR) is 57.8 cm³/mol. The van der Waals surface area contributed by atoms with Gasteiger partial charge < -0.3 is 4.84 Å². The Morgan fingerprint density at radius 3 is 2.64 bits per heavy atom. The van der Waals surface area contributed by atoms with E-state index >= 15 is 0 Å². The molecule has 1 atom stereocenters. The van der Waals surface area contributed by atoms with Crippen molar-refractivity contribution in [2.45, 2.75) is 25.9 Å². The Labute approximate surface area is 88.5 Å². The molecule has 0 saturated heterocycles. The maximum atomic E-state index is 5.80. The lowest BCUT2D eigenvalue weighted by molar-refractivity contribution is 0.0573. The number of rotatable bonds is 1. The molecule has 0 spiro atoms. The van der Waals surface area contributed by atoms with Crippen LogP contribution in [0.4, 0.5) is 0 Å². The summed E-state index contributed by atoms with van der Waals surface area (Å²) in [5.74, 6) is 0. The van der Waals surface area contributed by atoms with E-state index in [1.807, 2.05) is 31.2 Å². The van der Waals surface area contributed by atoms with Gasteiger partial charge in [0, 0.05) is 5.02 Å². The smallest absolute Gasteiger partial charge is 0.125 e. The number of nitrogens with zero attached hydrogens (tertiary/aromatic N) is 1. The number of hydrogen-bond donors (Lipinski definition) is 0. The van der Waals surface area contributed by atoms with Crippen molar-refractivity contribution in [1.29, 1.82) is 0 Å². The summed E-state index contributed by atoms with van der Waals surface area (Å²) in [6.07, 6.45) is 2.25. The Morgan fingerprint density at radius 2 is 2.07 bits per heavy atom. The molecule has 0 bridgehead atoms. The first-order valence-corrected chi connectivity index (χ1v) is 5.12. The third kappa shape index (κ3) is 2.07. The van der Waals surface area contributed by atoms with Crippen LogP contribution >= 0.6 is 11.6 Å². The number of oxime groups is 1. The van der Waals surface area contributed by atoms with Crippen LogP contribution in [0.15, 0.2) is 29.4 Å². The maximum Gasteiger partial charge on any atom is 0.125 e. The molecular formula is C11H12ClNO. The maximum absolute atomic E-state index is 5.80. The Bertz CT molecular complexity index is 345. The van der Waals surface area contributed by atoms with E-state index in [9.17, 15) is 0 Å². The standard InChI is InChI=1S/C11H12ClNO/c1-8-2-7-11(13-14-8)9-3-5-10(12)6-4-9/h3-6,8H,2,7H2,1H3. The Morgan fingerprint density at radius 1 is 1.36 bits per heavy atom. The second kappa shape index (κ2) is 4.01. The largest absolute Gasteiger partial charge is 0.393 e. The third-order valence-electron chi connectivity index (χ3n) is 2.31. The topological polar surface area (TPSA) is 21.6 Å². The first-order chi connectivity index (χ1) is 6.75. The molecule has 3 heteroatoms. The lowest BCUT2D eigenvalue weighted by Gasteiger charge is -2.17. The molecule has 0 amide bonds. The summed E-state index contributed by atoms with van der Waals surface area (Å²) in [5.41, 5.74) is 2.11. The SMILES string of the molecule is CC1CCC(c2ccc(Cl)cc2)=NO1. The summed E-state index contributed by atoms with van der Waals surface area (Å²) in [6, 6.07) is 7.69. The van der Waals surface area contributed by atoms with Gasteiger partial charge in [-0.05, 0) is 37.5 Å². The van der Waals surface area contributed by atoms with Gasteiger partial charge in [-0.3, -0.25) is 0 Å². The van der Waals surface area contributed by atoms with Gasteiger partial charge in [0.2, 0.25) is 0 Å². The highest BCUT2D eigenvalue weighted by molar-refractivity contribution is 6.30. The van der Waals surface area contributed by atoms with E-state index in [0.717, 1.165) is 29.1 Å². The third-order valence-corrected chi connectivity index (χ3v) is 2.56. The van der Waals surface area contributed by atoms with Crippen molar-refractivity contribution in [3.05, 3.63) is 34.9 Å². The fraction of sp³-hybridized carbons (Fsp3) is 0.364. The van der Waals surface area contributed by atoms with Crippen molar-refractivity contribution in [2.24, 2.45) is 5.16 Å². The molecule has 2 rings (SSSR count). The lowest BCUT2D eigenvalue weighted by atomic mass is 10.0. The quantitative estimate of drug-likeness (QED) is 0.696. The Kier molecular flexibility index (Phi) is 2.73. The van der Waals surface area contributed by atoms with Gasteiger partial charge in [0.05, 0.1) is 5.71 Å². The van der Waals surface area contributed by atoms with Gasteiger partial charge in [0.25, 0.3) is 0 Å². The molecule has 0 fully saturated rings. The van der Waals surface area contributed by atoms with Crippen LogP contribution in [0.25, 0.3) is 0 Å². The first-order valence-electron chi connectivity index (χ1n) is 4.74. The molecule has 1 aromatic rings. The van der Waals surface area contributed by atoms with Crippen LogP contribution in [0, 0.1) is 0 Å². The molecule has 2 nitrogen and oxygen atoms in total. The molecule has 0 saturated carbocycles. The highest BCUT2D eigenvalue weighted by Crippen LogP contribution is 2.17. The molecule has 1 heterocycles. The minimum atomic E-state index is 0.242. The van der Waals surface area contributed by atoms with Gasteiger partial charge >= 0.3 is 0 Å². The first kappa shape index (κ1) is 9.53. The molecule has 0 N–H and O–H groups in total. The molecule has 1 unspecified atom stereocenters. The van der Waals surface area contributed by atoms with Crippen LogP contribution in [0.5, 0.6) is 0 Å². The lowest BCUT2D eigenvalue weighted by Crippen LogP contribution is -2.16. The van der Waals surface area contributed by atoms with Crippen molar-refractivity contribution in [1.82, 2.24) is 0 Å². The minimum absolute atomic E-state index is 0.242. The molecular weight excluding hydrogens is 198 g/mol. The number of benzene rings is 1. The Hall–Kier alpha value is -1.02. The van der Waals surface area contributed by atoms with Gasteiger partial charge in [-0.25, -0.2) is 0 Å². The van der Waals surface area contributed by atoms with E-state index in [0.29, 0.717) is 0 Å². The van der Waals surface area contributed by atoms with Crippen molar-refractivity contribution in [3.8, 4) is 0 Å². The molecule has 14 heavy (non-hydrogen) atoms. The second-order valence-corrected chi connectivity index (χ2v) is 3.94. The number of hydrogen-bond acceptors (Lipinski definition) is 2. The summed E-state index contributed by atoms with van der Waals surface area (Å²) in [7, 11) is 0. The molecule has 0 radical (unpaired) electrons. The second-order valence-electron chi connectivity index (χ2n) is 3.50. The monoisotopic (exact) mass is 209 g/mol. The van der Waals surface area contributed by atoms with Crippen LogP contribution in [-0.2, 0) is 4.84 Å². The summed E-state index contributed by atoms with van der Waals surface area (Å²) in [5, 5.41) is 4.83. The average Bonchev–Trinajstić information content (AvgIpc) is 2.21. The summed E-state index contributed by atoms with van der Waals surface area (Å²) in [4.78, 5) is 5.23. The fourth-order valence-electron chi connectivity index (χ4n) is 1.43. The van der Waals surface area contributed by atoms with Gasteiger partial charge in [-0.15, -0.1) is 0 Å². The molecule has 74 valence electrons. The predicted octanol–water partition coefficient (Wildman–Crippen LogP) is 3.24.